The largest absolute Gasteiger partial charge is 0.496 e. The van der Waals surface area contributed by atoms with E-state index in [0.29, 0.717) is 5.56 Å². The van der Waals surface area contributed by atoms with E-state index in [-0.39, 0.29) is 11.4 Å². The standard InChI is InChI=1S/C14H20BrNO2/c1-5-14(3,6-2)16-13(17)10-7-8-12(18-4)11(15)9-10/h7-9H,5-6H2,1-4H3,(H,16,17). The number of nitrogens with one attached hydrogen (secondary N) is 1. The molecule has 0 aliphatic rings. The van der Waals surface area contributed by atoms with Crippen molar-refractivity contribution in [1.82, 2.24) is 5.32 Å². The Morgan fingerprint density at radius 1 is 1.39 bits per heavy atom. The molecule has 0 bridgehead atoms. The predicted molar refractivity (Wildman–Crippen MR) is 77.1 cm³/mol. The van der Waals surface area contributed by atoms with Crippen LogP contribution >= 0.6 is 15.9 Å². The van der Waals surface area contributed by atoms with Crippen LogP contribution in [0.4, 0.5) is 0 Å². The Hall–Kier alpha value is -1.03. The fraction of sp³-hybridized carbons (Fsp3) is 0.500. The van der Waals surface area contributed by atoms with Gasteiger partial charge in [-0.25, -0.2) is 0 Å². The molecule has 1 rings (SSSR count). The Morgan fingerprint density at radius 2 is 2.00 bits per heavy atom. The highest BCUT2D eigenvalue weighted by molar-refractivity contribution is 9.10. The number of benzene rings is 1. The van der Waals surface area contributed by atoms with Gasteiger partial charge in [-0.15, -0.1) is 0 Å². The number of hydrogen-bond acceptors (Lipinski definition) is 2. The molecular weight excluding hydrogens is 294 g/mol. The zero-order chi connectivity index (χ0) is 13.8. The highest BCUT2D eigenvalue weighted by atomic mass is 79.9. The molecule has 0 fully saturated rings. The maximum atomic E-state index is 12.2. The van der Waals surface area contributed by atoms with E-state index >= 15 is 0 Å². The van der Waals surface area contributed by atoms with Gasteiger partial charge in [-0.3, -0.25) is 4.79 Å². The van der Waals surface area contributed by atoms with Crippen LogP contribution in [0, 0.1) is 0 Å². The maximum absolute atomic E-state index is 12.2. The number of rotatable bonds is 5. The molecule has 0 spiro atoms. The Balaban J connectivity index is 2.88. The highest BCUT2D eigenvalue weighted by Crippen LogP contribution is 2.26. The molecule has 0 saturated heterocycles. The molecule has 0 saturated carbocycles. The number of halogens is 1. The quantitative estimate of drug-likeness (QED) is 0.898. The van der Waals surface area contributed by atoms with E-state index < -0.39 is 0 Å². The van der Waals surface area contributed by atoms with Gasteiger partial charge in [0.25, 0.3) is 5.91 Å². The summed E-state index contributed by atoms with van der Waals surface area (Å²) in [6.07, 6.45) is 1.82. The van der Waals surface area contributed by atoms with Crippen molar-refractivity contribution < 1.29 is 9.53 Å². The van der Waals surface area contributed by atoms with Crippen LogP contribution in [0.3, 0.4) is 0 Å². The van der Waals surface area contributed by atoms with Gasteiger partial charge < -0.3 is 10.1 Å². The van der Waals surface area contributed by atoms with Crippen LogP contribution in [0.2, 0.25) is 0 Å². The average Bonchev–Trinajstić information content (AvgIpc) is 2.38. The van der Waals surface area contributed by atoms with Gasteiger partial charge in [0, 0.05) is 11.1 Å². The highest BCUT2D eigenvalue weighted by Gasteiger charge is 2.22. The summed E-state index contributed by atoms with van der Waals surface area (Å²) in [5.74, 6) is 0.671. The molecule has 0 heterocycles. The molecule has 0 radical (unpaired) electrons. The van der Waals surface area contributed by atoms with Crippen molar-refractivity contribution in [3.8, 4) is 5.75 Å². The normalized spacial score (nSPS) is 11.2. The molecule has 0 aromatic heterocycles. The third-order valence-electron chi connectivity index (χ3n) is 3.39. The van der Waals surface area contributed by atoms with Crippen molar-refractivity contribution in [2.45, 2.75) is 39.2 Å². The maximum Gasteiger partial charge on any atom is 0.251 e. The Morgan fingerprint density at radius 3 is 2.44 bits per heavy atom. The second-order valence-electron chi connectivity index (χ2n) is 4.57. The van der Waals surface area contributed by atoms with Crippen molar-refractivity contribution >= 4 is 21.8 Å². The molecule has 1 amide bonds. The van der Waals surface area contributed by atoms with E-state index in [1.165, 1.54) is 0 Å². The van der Waals surface area contributed by atoms with Gasteiger partial charge in [-0.2, -0.15) is 0 Å². The number of hydrogen-bond donors (Lipinski definition) is 1. The second-order valence-corrected chi connectivity index (χ2v) is 5.43. The first-order valence-electron chi connectivity index (χ1n) is 6.11. The van der Waals surface area contributed by atoms with Gasteiger partial charge in [0.05, 0.1) is 11.6 Å². The molecule has 1 aromatic rings. The minimum Gasteiger partial charge on any atom is -0.496 e. The average molecular weight is 314 g/mol. The van der Waals surface area contributed by atoms with Crippen LogP contribution in [0.5, 0.6) is 5.75 Å². The first-order valence-corrected chi connectivity index (χ1v) is 6.91. The van der Waals surface area contributed by atoms with Gasteiger partial charge >= 0.3 is 0 Å². The smallest absolute Gasteiger partial charge is 0.251 e. The van der Waals surface area contributed by atoms with Crippen molar-refractivity contribution in [3.05, 3.63) is 28.2 Å². The van der Waals surface area contributed by atoms with E-state index in [1.54, 1.807) is 25.3 Å². The molecule has 1 N–H and O–H groups in total. The fourth-order valence-corrected chi connectivity index (χ4v) is 2.12. The summed E-state index contributed by atoms with van der Waals surface area (Å²) >= 11 is 3.38. The van der Waals surface area contributed by atoms with Crippen molar-refractivity contribution in [3.63, 3.8) is 0 Å². The summed E-state index contributed by atoms with van der Waals surface area (Å²) in [5.41, 5.74) is 0.486. The number of methoxy groups -OCH3 is 1. The SMILES string of the molecule is CCC(C)(CC)NC(=O)c1ccc(OC)c(Br)c1. The third kappa shape index (κ3) is 3.48. The van der Waals surface area contributed by atoms with Gasteiger partial charge in [0.2, 0.25) is 0 Å². The summed E-state index contributed by atoms with van der Waals surface area (Å²) in [7, 11) is 1.60. The van der Waals surface area contributed by atoms with Crippen LogP contribution in [0.1, 0.15) is 44.0 Å². The molecule has 0 atom stereocenters. The lowest BCUT2D eigenvalue weighted by Gasteiger charge is -2.28. The van der Waals surface area contributed by atoms with Crippen LogP contribution in [-0.4, -0.2) is 18.6 Å². The molecular formula is C14H20BrNO2. The third-order valence-corrected chi connectivity index (χ3v) is 4.01. The second kappa shape index (κ2) is 6.23. The molecule has 4 heteroatoms. The van der Waals surface area contributed by atoms with Crippen LogP contribution in [0.25, 0.3) is 0 Å². The first-order chi connectivity index (χ1) is 8.45. The summed E-state index contributed by atoms with van der Waals surface area (Å²) in [6, 6.07) is 5.33. The number of carbonyl (C=O) groups excluding carboxylic acids is 1. The van der Waals surface area contributed by atoms with Gasteiger partial charge in [-0.1, -0.05) is 13.8 Å². The van der Waals surface area contributed by atoms with Crippen molar-refractivity contribution in [2.24, 2.45) is 0 Å². The molecule has 0 unspecified atom stereocenters. The van der Waals surface area contributed by atoms with Gasteiger partial charge in [0.15, 0.2) is 0 Å². The van der Waals surface area contributed by atoms with E-state index in [4.69, 9.17) is 4.74 Å². The molecule has 0 aliphatic heterocycles. The van der Waals surface area contributed by atoms with Gasteiger partial charge in [0.1, 0.15) is 5.75 Å². The zero-order valence-electron chi connectivity index (χ0n) is 11.3. The lowest BCUT2D eigenvalue weighted by molar-refractivity contribution is 0.0901. The summed E-state index contributed by atoms with van der Waals surface area (Å²) in [6.45, 7) is 6.21. The summed E-state index contributed by atoms with van der Waals surface area (Å²) in [4.78, 5) is 12.2. The zero-order valence-corrected chi connectivity index (χ0v) is 12.9. The van der Waals surface area contributed by atoms with E-state index in [2.05, 4.69) is 42.0 Å². The Bertz CT molecular complexity index is 428. The minimum atomic E-state index is -0.149. The van der Waals surface area contributed by atoms with Crippen molar-refractivity contribution in [1.29, 1.82) is 0 Å². The Kier molecular flexibility index (Phi) is 5.20. The predicted octanol–water partition coefficient (Wildman–Crippen LogP) is 3.77. The van der Waals surface area contributed by atoms with Crippen LogP contribution in [-0.2, 0) is 0 Å². The fourth-order valence-electron chi connectivity index (χ4n) is 1.58. The summed E-state index contributed by atoms with van der Waals surface area (Å²) < 4.78 is 5.93. The Labute approximate surface area is 117 Å². The topological polar surface area (TPSA) is 38.3 Å². The summed E-state index contributed by atoms with van der Waals surface area (Å²) in [5, 5.41) is 3.07. The molecule has 100 valence electrons. The lowest BCUT2D eigenvalue weighted by Crippen LogP contribution is -2.44. The van der Waals surface area contributed by atoms with Crippen molar-refractivity contribution in [2.75, 3.05) is 7.11 Å². The number of carbonyl (C=O) groups is 1. The molecule has 0 aliphatic carbocycles. The van der Waals surface area contributed by atoms with Gasteiger partial charge in [-0.05, 0) is 53.9 Å². The van der Waals surface area contributed by atoms with Crippen LogP contribution < -0.4 is 10.1 Å². The van der Waals surface area contributed by atoms with E-state index in [0.717, 1.165) is 23.1 Å². The first kappa shape index (κ1) is 15.0. The van der Waals surface area contributed by atoms with E-state index in [9.17, 15) is 4.79 Å². The molecule has 3 nitrogen and oxygen atoms in total. The number of ether oxygens (including phenoxy) is 1. The van der Waals surface area contributed by atoms with Crippen LogP contribution in [0.15, 0.2) is 22.7 Å². The monoisotopic (exact) mass is 313 g/mol. The minimum absolute atomic E-state index is 0.0513. The number of amides is 1. The molecule has 1 aromatic carbocycles. The van der Waals surface area contributed by atoms with E-state index in [1.807, 2.05) is 0 Å². The molecule has 18 heavy (non-hydrogen) atoms. The lowest BCUT2D eigenvalue weighted by atomic mass is 9.95.